The van der Waals surface area contributed by atoms with Crippen molar-refractivity contribution in [1.29, 1.82) is 0 Å². The molecule has 0 fully saturated rings. The Balaban J connectivity index is 2.49. The number of aliphatic hydroxyl groups is 1. The van der Waals surface area contributed by atoms with Gasteiger partial charge in [0.25, 0.3) is 0 Å². The van der Waals surface area contributed by atoms with Crippen molar-refractivity contribution in [2.45, 2.75) is 57.1 Å². The number of aliphatic hydroxyl groups excluding tert-OH is 1. The molecule has 6 heteroatoms. The van der Waals surface area contributed by atoms with Gasteiger partial charge < -0.3 is 9.53 Å². The molecule has 0 amide bonds. The molecule has 1 N–H and O–H groups in total. The van der Waals surface area contributed by atoms with E-state index in [4.69, 9.17) is 4.43 Å². The van der Waals surface area contributed by atoms with Crippen LogP contribution in [0.4, 0.5) is 13.2 Å². The lowest BCUT2D eigenvalue weighted by molar-refractivity contribution is -0.137. The summed E-state index contributed by atoms with van der Waals surface area (Å²) in [6.45, 7) is 10.4. The number of halogens is 3. The zero-order valence-electron chi connectivity index (χ0n) is 17.0. The Morgan fingerprint density at radius 2 is 1.43 bits per heavy atom. The maximum absolute atomic E-state index is 13.0. The first-order valence-electron chi connectivity index (χ1n) is 9.37. The van der Waals surface area contributed by atoms with E-state index in [0.29, 0.717) is 5.56 Å². The van der Waals surface area contributed by atoms with E-state index in [9.17, 15) is 18.3 Å². The van der Waals surface area contributed by atoms with Crippen molar-refractivity contribution in [2.24, 2.45) is 0 Å². The van der Waals surface area contributed by atoms with E-state index in [1.54, 1.807) is 0 Å². The number of alkyl halides is 3. The van der Waals surface area contributed by atoms with Gasteiger partial charge in [-0.3, -0.25) is 0 Å². The third kappa shape index (κ3) is 5.24. The first-order chi connectivity index (χ1) is 12.9. The second kappa shape index (κ2) is 8.39. The summed E-state index contributed by atoms with van der Waals surface area (Å²) in [7, 11) is -2.25. The summed E-state index contributed by atoms with van der Waals surface area (Å²) >= 11 is 0. The van der Waals surface area contributed by atoms with Crippen molar-refractivity contribution < 1.29 is 22.7 Å². The van der Waals surface area contributed by atoms with E-state index in [2.05, 4.69) is 33.9 Å². The van der Waals surface area contributed by atoms with Gasteiger partial charge >= 0.3 is 6.18 Å². The highest BCUT2D eigenvalue weighted by atomic mass is 28.4. The van der Waals surface area contributed by atoms with Gasteiger partial charge in [0.1, 0.15) is 0 Å². The Bertz CT molecular complexity index is 750. The zero-order valence-corrected chi connectivity index (χ0v) is 18.0. The molecule has 154 valence electrons. The van der Waals surface area contributed by atoms with Gasteiger partial charge in [-0.1, -0.05) is 63.2 Å². The molecule has 0 heterocycles. The molecule has 0 radical (unpaired) electrons. The Hall–Kier alpha value is -1.63. The van der Waals surface area contributed by atoms with Gasteiger partial charge in [-0.25, -0.2) is 0 Å². The van der Waals surface area contributed by atoms with Crippen molar-refractivity contribution in [3.8, 4) is 0 Å². The summed E-state index contributed by atoms with van der Waals surface area (Å²) in [6.07, 6.45) is -4.92. The second-order valence-electron chi connectivity index (χ2n) is 8.62. The van der Waals surface area contributed by atoms with Crippen LogP contribution in [0.3, 0.4) is 0 Å². The summed E-state index contributed by atoms with van der Waals surface area (Å²) in [6, 6.07) is 14.6. The molecule has 0 unspecified atom stereocenters. The highest BCUT2D eigenvalue weighted by Crippen LogP contribution is 2.44. The summed E-state index contributed by atoms with van der Waals surface area (Å²) < 4.78 is 45.5. The number of hydrogen-bond donors (Lipinski definition) is 1. The summed E-state index contributed by atoms with van der Waals surface area (Å²) in [5.74, 6) is -0.368. The number of hydrogen-bond acceptors (Lipinski definition) is 2. The van der Waals surface area contributed by atoms with Gasteiger partial charge in [0.05, 0.1) is 18.3 Å². The number of benzene rings is 2. The van der Waals surface area contributed by atoms with E-state index in [-0.39, 0.29) is 17.6 Å². The summed E-state index contributed by atoms with van der Waals surface area (Å²) in [4.78, 5) is 0. The van der Waals surface area contributed by atoms with Gasteiger partial charge in [0.15, 0.2) is 8.32 Å². The Labute approximate surface area is 166 Å². The zero-order chi connectivity index (χ0) is 21.2. The van der Waals surface area contributed by atoms with Gasteiger partial charge in [-0.15, -0.1) is 0 Å². The van der Waals surface area contributed by atoms with E-state index in [1.807, 2.05) is 30.3 Å². The summed E-state index contributed by atoms with van der Waals surface area (Å²) in [5, 5.41) is 10.1. The minimum absolute atomic E-state index is 0.0755. The van der Waals surface area contributed by atoms with E-state index >= 15 is 0 Å². The Morgan fingerprint density at radius 3 is 1.86 bits per heavy atom. The van der Waals surface area contributed by atoms with Crippen LogP contribution >= 0.6 is 0 Å². The highest BCUT2D eigenvalue weighted by Gasteiger charge is 2.41. The van der Waals surface area contributed by atoms with Crippen molar-refractivity contribution >= 4 is 8.32 Å². The lowest BCUT2D eigenvalue weighted by Gasteiger charge is -2.41. The van der Waals surface area contributed by atoms with Crippen LogP contribution in [0.5, 0.6) is 0 Å². The summed E-state index contributed by atoms with van der Waals surface area (Å²) in [5.41, 5.74) is 0.844. The quantitative estimate of drug-likeness (QED) is 0.548. The van der Waals surface area contributed by atoms with Crippen molar-refractivity contribution in [3.63, 3.8) is 0 Å². The molecule has 0 aromatic heterocycles. The van der Waals surface area contributed by atoms with Gasteiger partial charge in [-0.2, -0.15) is 13.2 Å². The lowest BCUT2D eigenvalue weighted by atomic mass is 9.89. The molecule has 0 saturated heterocycles. The smallest absolute Gasteiger partial charge is 0.409 e. The molecule has 0 aliphatic rings. The fourth-order valence-electron chi connectivity index (χ4n) is 2.81. The minimum atomic E-state index is -4.38. The highest BCUT2D eigenvalue weighted by molar-refractivity contribution is 6.74. The topological polar surface area (TPSA) is 29.5 Å². The average Bonchev–Trinajstić information content (AvgIpc) is 2.61. The third-order valence-electron chi connectivity index (χ3n) is 5.58. The molecular formula is C22H29F3O2Si. The molecule has 2 rings (SSSR count). The standard InChI is InChI=1S/C22H29F3O2Si/c1-21(2,3)28(4,5)27-20(19(15-26)16-9-7-6-8-10-16)17-11-13-18(14-12-17)22(23,24)25/h6-14,19-20,26H,15H2,1-5H3/t19-,20+/m1/s1. The normalized spacial score (nSPS) is 15.3. The Kier molecular flexibility index (Phi) is 6.79. The van der Waals surface area contributed by atoms with E-state index in [1.165, 1.54) is 12.1 Å². The monoisotopic (exact) mass is 410 g/mol. The van der Waals surface area contributed by atoms with Crippen molar-refractivity contribution in [1.82, 2.24) is 0 Å². The van der Waals surface area contributed by atoms with Crippen LogP contribution in [0, 0.1) is 0 Å². The van der Waals surface area contributed by atoms with Crippen LogP contribution < -0.4 is 0 Å². The third-order valence-corrected chi connectivity index (χ3v) is 10.0. The first-order valence-corrected chi connectivity index (χ1v) is 12.3. The fraction of sp³-hybridized carbons (Fsp3) is 0.455. The molecule has 2 aromatic rings. The van der Waals surface area contributed by atoms with Crippen molar-refractivity contribution in [2.75, 3.05) is 6.61 Å². The molecule has 0 aliphatic heterocycles. The van der Waals surface area contributed by atoms with Crippen LogP contribution in [-0.2, 0) is 10.6 Å². The maximum atomic E-state index is 13.0. The molecular weight excluding hydrogens is 381 g/mol. The maximum Gasteiger partial charge on any atom is 0.416 e. The fourth-order valence-corrected chi connectivity index (χ4v) is 4.10. The SMILES string of the molecule is CC(C)(C)[Si](C)(C)O[C@@H](c1ccc(C(F)(F)F)cc1)[C@H](CO)c1ccccc1. The first kappa shape index (κ1) is 22.7. The van der Waals surface area contributed by atoms with Crippen LogP contribution in [0.25, 0.3) is 0 Å². The second-order valence-corrected chi connectivity index (χ2v) is 13.4. The molecule has 2 atom stereocenters. The minimum Gasteiger partial charge on any atom is -0.409 e. The van der Waals surface area contributed by atoms with Crippen LogP contribution in [0.15, 0.2) is 54.6 Å². The van der Waals surface area contributed by atoms with Crippen LogP contribution in [0.1, 0.15) is 49.5 Å². The molecule has 2 nitrogen and oxygen atoms in total. The van der Waals surface area contributed by atoms with E-state index in [0.717, 1.165) is 17.7 Å². The van der Waals surface area contributed by atoms with E-state index < -0.39 is 26.2 Å². The predicted molar refractivity (Wildman–Crippen MR) is 109 cm³/mol. The molecule has 28 heavy (non-hydrogen) atoms. The molecule has 0 saturated carbocycles. The molecule has 0 spiro atoms. The molecule has 2 aromatic carbocycles. The Morgan fingerprint density at radius 1 is 0.893 bits per heavy atom. The van der Waals surface area contributed by atoms with Crippen LogP contribution in [-0.4, -0.2) is 20.0 Å². The average molecular weight is 411 g/mol. The molecule has 0 aliphatic carbocycles. The predicted octanol–water partition coefficient (Wildman–Crippen LogP) is 6.54. The van der Waals surface area contributed by atoms with Crippen LogP contribution in [0.2, 0.25) is 18.1 Å². The van der Waals surface area contributed by atoms with Gasteiger partial charge in [0.2, 0.25) is 0 Å². The number of rotatable bonds is 6. The largest absolute Gasteiger partial charge is 0.416 e. The van der Waals surface area contributed by atoms with Gasteiger partial charge in [-0.05, 0) is 41.4 Å². The van der Waals surface area contributed by atoms with Gasteiger partial charge in [0, 0.05) is 5.92 Å². The molecule has 0 bridgehead atoms. The van der Waals surface area contributed by atoms with Crippen molar-refractivity contribution in [3.05, 3.63) is 71.3 Å². The lowest BCUT2D eigenvalue weighted by Crippen LogP contribution is -2.43.